The van der Waals surface area contributed by atoms with Crippen molar-refractivity contribution in [2.45, 2.75) is 45.4 Å². The van der Waals surface area contributed by atoms with E-state index in [0.29, 0.717) is 28.5 Å². The zero-order valence-corrected chi connectivity index (χ0v) is 11.7. The highest BCUT2D eigenvalue weighted by atomic mass is 16.5. The number of rotatable bonds is 2. The Labute approximate surface area is 117 Å². The van der Waals surface area contributed by atoms with Crippen molar-refractivity contribution in [3.05, 3.63) is 17.7 Å². The first kappa shape index (κ1) is 12.9. The van der Waals surface area contributed by atoms with Crippen LogP contribution in [0.4, 0.5) is 0 Å². The van der Waals surface area contributed by atoms with Gasteiger partial charge in [0.15, 0.2) is 5.82 Å². The highest BCUT2D eigenvalue weighted by molar-refractivity contribution is 5.59. The summed E-state index contributed by atoms with van der Waals surface area (Å²) < 4.78 is 5.28. The van der Waals surface area contributed by atoms with Crippen LogP contribution in [0.3, 0.4) is 0 Å². The van der Waals surface area contributed by atoms with Gasteiger partial charge in [-0.3, -0.25) is 5.10 Å². The second-order valence-electron chi connectivity index (χ2n) is 6.17. The van der Waals surface area contributed by atoms with Crippen LogP contribution in [0.2, 0.25) is 0 Å². The molecule has 104 valence electrons. The van der Waals surface area contributed by atoms with Crippen molar-refractivity contribution in [3.63, 3.8) is 0 Å². The summed E-state index contributed by atoms with van der Waals surface area (Å²) in [6, 6.07) is 2.03. The van der Waals surface area contributed by atoms with Crippen molar-refractivity contribution in [3.8, 4) is 17.5 Å². The van der Waals surface area contributed by atoms with E-state index in [4.69, 9.17) is 9.78 Å². The maximum Gasteiger partial charge on any atom is 0.262 e. The van der Waals surface area contributed by atoms with Gasteiger partial charge in [-0.15, -0.1) is 0 Å². The maximum absolute atomic E-state index is 8.97. The van der Waals surface area contributed by atoms with Gasteiger partial charge in [0.25, 0.3) is 5.89 Å². The van der Waals surface area contributed by atoms with Gasteiger partial charge in [-0.05, 0) is 31.1 Å². The molecule has 1 fully saturated rings. The molecule has 0 saturated heterocycles. The Balaban J connectivity index is 1.80. The van der Waals surface area contributed by atoms with Crippen LogP contribution in [-0.4, -0.2) is 20.3 Å². The fourth-order valence-electron chi connectivity index (χ4n) is 2.70. The Bertz CT molecular complexity index is 639. The zero-order chi connectivity index (χ0) is 14.2. The average molecular weight is 271 g/mol. The first-order chi connectivity index (χ1) is 9.59. The summed E-state index contributed by atoms with van der Waals surface area (Å²) in [5.41, 5.74) is 1.34. The molecule has 6 nitrogen and oxygen atoms in total. The van der Waals surface area contributed by atoms with Crippen molar-refractivity contribution >= 4 is 0 Å². The molecule has 0 spiro atoms. The third kappa shape index (κ3) is 2.31. The van der Waals surface area contributed by atoms with Gasteiger partial charge in [0.05, 0.1) is 11.8 Å². The normalized spacial score (nSPS) is 18.9. The zero-order valence-electron chi connectivity index (χ0n) is 11.7. The van der Waals surface area contributed by atoms with Crippen molar-refractivity contribution in [2.24, 2.45) is 5.41 Å². The fraction of sp³-hybridized carbons (Fsp3) is 0.571. The predicted octanol–water partition coefficient (Wildman–Crippen LogP) is 3.02. The summed E-state index contributed by atoms with van der Waals surface area (Å²) in [5.74, 6) is 1.48. The number of hydrogen-bond donors (Lipinski definition) is 1. The number of nitrogens with one attached hydrogen (secondary N) is 1. The van der Waals surface area contributed by atoms with Crippen LogP contribution >= 0.6 is 0 Å². The number of aromatic nitrogens is 4. The molecule has 0 atom stereocenters. The van der Waals surface area contributed by atoms with E-state index in [1.807, 2.05) is 6.07 Å². The minimum absolute atomic E-state index is 0.352. The smallest absolute Gasteiger partial charge is 0.262 e. The molecule has 0 amide bonds. The van der Waals surface area contributed by atoms with Gasteiger partial charge < -0.3 is 4.52 Å². The molecule has 1 saturated carbocycles. The molecule has 2 aromatic heterocycles. The van der Waals surface area contributed by atoms with E-state index in [1.165, 1.54) is 12.8 Å². The molecular formula is C14H17N5O. The molecule has 1 aliphatic carbocycles. The molecule has 0 unspecified atom stereocenters. The number of aromatic amines is 1. The Morgan fingerprint density at radius 1 is 1.40 bits per heavy atom. The molecule has 2 heterocycles. The predicted molar refractivity (Wildman–Crippen MR) is 71.6 cm³/mol. The van der Waals surface area contributed by atoms with Crippen LogP contribution in [0, 0.1) is 16.7 Å². The fourth-order valence-corrected chi connectivity index (χ4v) is 2.70. The van der Waals surface area contributed by atoms with E-state index in [9.17, 15) is 0 Å². The molecule has 20 heavy (non-hydrogen) atoms. The Morgan fingerprint density at radius 3 is 2.85 bits per heavy atom. The lowest BCUT2D eigenvalue weighted by Crippen LogP contribution is -2.20. The van der Waals surface area contributed by atoms with Crippen LogP contribution in [0.5, 0.6) is 0 Å². The monoisotopic (exact) mass is 271 g/mol. The number of nitriles is 1. The van der Waals surface area contributed by atoms with Crippen molar-refractivity contribution < 1.29 is 4.52 Å². The van der Waals surface area contributed by atoms with E-state index in [1.54, 1.807) is 6.20 Å². The first-order valence-corrected chi connectivity index (χ1v) is 6.86. The molecule has 2 aromatic rings. The van der Waals surface area contributed by atoms with Crippen LogP contribution in [0.15, 0.2) is 10.7 Å². The van der Waals surface area contributed by atoms with Gasteiger partial charge >= 0.3 is 0 Å². The summed E-state index contributed by atoms with van der Waals surface area (Å²) in [6.07, 6.45) is 6.07. The second kappa shape index (κ2) is 4.75. The number of H-pyrrole nitrogens is 1. The van der Waals surface area contributed by atoms with Crippen molar-refractivity contribution in [1.29, 1.82) is 5.26 Å². The Morgan fingerprint density at radius 2 is 2.15 bits per heavy atom. The second-order valence-corrected chi connectivity index (χ2v) is 6.17. The minimum atomic E-state index is 0.352. The Hall–Kier alpha value is -2.16. The number of hydrogen-bond acceptors (Lipinski definition) is 5. The third-order valence-electron chi connectivity index (χ3n) is 4.13. The lowest BCUT2D eigenvalue weighted by Gasteiger charge is -2.32. The quantitative estimate of drug-likeness (QED) is 0.906. The largest absolute Gasteiger partial charge is 0.334 e. The molecule has 0 bridgehead atoms. The molecule has 0 aliphatic heterocycles. The van der Waals surface area contributed by atoms with E-state index in [0.717, 1.165) is 18.7 Å². The average Bonchev–Trinajstić information content (AvgIpc) is 3.06. The molecule has 1 aliphatic rings. The van der Waals surface area contributed by atoms with Crippen molar-refractivity contribution in [2.75, 3.05) is 0 Å². The summed E-state index contributed by atoms with van der Waals surface area (Å²) in [7, 11) is 0. The van der Waals surface area contributed by atoms with E-state index in [2.05, 4.69) is 34.2 Å². The van der Waals surface area contributed by atoms with Gasteiger partial charge in [-0.2, -0.15) is 15.3 Å². The topological polar surface area (TPSA) is 91.4 Å². The van der Waals surface area contributed by atoms with Crippen molar-refractivity contribution in [1.82, 2.24) is 20.3 Å². The minimum Gasteiger partial charge on any atom is -0.334 e. The third-order valence-corrected chi connectivity index (χ3v) is 4.13. The van der Waals surface area contributed by atoms with Gasteiger partial charge in [0.2, 0.25) is 0 Å². The van der Waals surface area contributed by atoms with Gasteiger partial charge in [0, 0.05) is 5.92 Å². The van der Waals surface area contributed by atoms with Gasteiger partial charge in [-0.25, -0.2) is 0 Å². The molecule has 0 aromatic carbocycles. The van der Waals surface area contributed by atoms with E-state index >= 15 is 0 Å². The molecule has 1 N–H and O–H groups in total. The highest BCUT2D eigenvalue weighted by Crippen LogP contribution is 2.41. The summed E-state index contributed by atoms with van der Waals surface area (Å²) in [6.45, 7) is 4.60. The molecule has 3 rings (SSSR count). The van der Waals surface area contributed by atoms with Crippen LogP contribution < -0.4 is 0 Å². The van der Waals surface area contributed by atoms with Gasteiger partial charge in [0.1, 0.15) is 11.8 Å². The maximum atomic E-state index is 8.97. The van der Waals surface area contributed by atoms with Crippen LogP contribution in [-0.2, 0) is 0 Å². The summed E-state index contributed by atoms with van der Waals surface area (Å²) >= 11 is 0. The van der Waals surface area contributed by atoms with E-state index < -0.39 is 0 Å². The highest BCUT2D eigenvalue weighted by Gasteiger charge is 2.30. The lowest BCUT2D eigenvalue weighted by molar-refractivity contribution is 0.218. The number of nitrogens with zero attached hydrogens (tertiary/aromatic N) is 4. The van der Waals surface area contributed by atoms with Gasteiger partial charge in [-0.1, -0.05) is 19.0 Å². The Kier molecular flexibility index (Phi) is 3.05. The standard InChI is InChI=1S/C14H17N5O/c1-14(2)5-3-9(4-6-14)12-17-13(20-19-12)10-8-16-18-11(10)7-15/h8-9H,3-6H2,1-2H3,(H,16,18). The lowest BCUT2D eigenvalue weighted by atomic mass is 9.73. The first-order valence-electron chi connectivity index (χ1n) is 6.86. The molecule has 0 radical (unpaired) electrons. The summed E-state index contributed by atoms with van der Waals surface area (Å²) in [5, 5.41) is 19.5. The van der Waals surface area contributed by atoms with E-state index in [-0.39, 0.29) is 0 Å². The van der Waals surface area contributed by atoms with Crippen LogP contribution in [0.1, 0.15) is 57.0 Å². The molecule has 6 heteroatoms. The SMILES string of the molecule is CC1(C)CCC(c2noc(-c3cn[nH]c3C#N)n2)CC1. The van der Waals surface area contributed by atoms with Crippen LogP contribution in [0.25, 0.3) is 11.5 Å². The molecular weight excluding hydrogens is 254 g/mol. The summed E-state index contributed by atoms with van der Waals surface area (Å²) in [4.78, 5) is 4.44.